The van der Waals surface area contributed by atoms with E-state index in [1.54, 1.807) is 6.08 Å². The van der Waals surface area contributed by atoms with Crippen LogP contribution >= 0.6 is 0 Å². The molecule has 0 saturated carbocycles. The first kappa shape index (κ1) is 10.0. The molecule has 0 aliphatic heterocycles. The Morgan fingerprint density at radius 3 is 2.46 bits per heavy atom. The van der Waals surface area contributed by atoms with Crippen molar-refractivity contribution in [3.05, 3.63) is 48.0 Å². The molecule has 0 fully saturated rings. The lowest BCUT2D eigenvalue weighted by atomic mass is 10.0. The zero-order valence-corrected chi connectivity index (χ0v) is 8.16. The topological polar surface area (TPSA) is 26.0 Å². The first-order valence-electron chi connectivity index (χ1n) is 4.75. The summed E-state index contributed by atoms with van der Waals surface area (Å²) >= 11 is 0. The van der Waals surface area contributed by atoms with Gasteiger partial charge in [0.05, 0.1) is 0 Å². The summed E-state index contributed by atoms with van der Waals surface area (Å²) < 4.78 is 0. The minimum absolute atomic E-state index is 0.0318. The molecule has 1 rings (SSSR count). The van der Waals surface area contributed by atoms with Gasteiger partial charge in [-0.2, -0.15) is 0 Å². The van der Waals surface area contributed by atoms with Crippen molar-refractivity contribution in [2.45, 2.75) is 25.8 Å². The molecule has 0 aromatic heterocycles. The zero-order chi connectivity index (χ0) is 9.68. The molecule has 0 spiro atoms. The fourth-order valence-corrected chi connectivity index (χ4v) is 1.33. The maximum absolute atomic E-state index is 5.80. The van der Waals surface area contributed by atoms with Crippen molar-refractivity contribution in [2.75, 3.05) is 0 Å². The summed E-state index contributed by atoms with van der Waals surface area (Å²) in [5.41, 5.74) is 8.31. The Morgan fingerprint density at radius 1 is 1.38 bits per heavy atom. The van der Waals surface area contributed by atoms with Crippen molar-refractivity contribution >= 4 is 0 Å². The summed E-state index contributed by atoms with van der Waals surface area (Å²) in [4.78, 5) is 0. The fourth-order valence-electron chi connectivity index (χ4n) is 1.33. The van der Waals surface area contributed by atoms with Crippen LogP contribution in [0.1, 0.15) is 30.5 Å². The Balaban J connectivity index is 2.74. The second kappa shape index (κ2) is 4.83. The lowest BCUT2D eigenvalue weighted by Crippen LogP contribution is -2.06. The first-order chi connectivity index (χ1) is 6.27. The second-order valence-corrected chi connectivity index (χ2v) is 3.25. The third-order valence-corrected chi connectivity index (χ3v) is 2.16. The van der Waals surface area contributed by atoms with Crippen LogP contribution in [0.3, 0.4) is 0 Å². The molecule has 0 aliphatic rings. The van der Waals surface area contributed by atoms with Crippen LogP contribution in [0.4, 0.5) is 0 Å². The summed E-state index contributed by atoms with van der Waals surface area (Å²) in [5, 5.41) is 0. The van der Waals surface area contributed by atoms with Gasteiger partial charge in [0.25, 0.3) is 0 Å². The Bertz CT molecular complexity index is 261. The van der Waals surface area contributed by atoms with Gasteiger partial charge >= 0.3 is 0 Å². The average molecular weight is 175 g/mol. The lowest BCUT2D eigenvalue weighted by Gasteiger charge is -2.07. The second-order valence-electron chi connectivity index (χ2n) is 3.25. The molecule has 0 bridgehead atoms. The van der Waals surface area contributed by atoms with Gasteiger partial charge in [0.15, 0.2) is 0 Å². The summed E-state index contributed by atoms with van der Waals surface area (Å²) in [5.74, 6) is 0. The van der Waals surface area contributed by atoms with Crippen LogP contribution in [0.15, 0.2) is 36.9 Å². The average Bonchev–Trinajstić information content (AvgIpc) is 2.18. The van der Waals surface area contributed by atoms with Crippen LogP contribution < -0.4 is 5.73 Å². The summed E-state index contributed by atoms with van der Waals surface area (Å²) in [7, 11) is 0. The molecule has 0 aliphatic carbocycles. The van der Waals surface area contributed by atoms with Crippen molar-refractivity contribution in [1.29, 1.82) is 0 Å². The van der Waals surface area contributed by atoms with Gasteiger partial charge in [-0.1, -0.05) is 43.7 Å². The van der Waals surface area contributed by atoms with Gasteiger partial charge in [0.2, 0.25) is 0 Å². The molecule has 0 radical (unpaired) electrons. The van der Waals surface area contributed by atoms with Crippen LogP contribution in [0.5, 0.6) is 0 Å². The molecule has 1 atom stereocenters. The first-order valence-corrected chi connectivity index (χ1v) is 4.75. The molecule has 1 aromatic rings. The van der Waals surface area contributed by atoms with E-state index in [9.17, 15) is 0 Å². The Labute approximate surface area is 80.3 Å². The number of hydrogen-bond donors (Lipinski definition) is 1. The number of rotatable bonds is 4. The van der Waals surface area contributed by atoms with Crippen molar-refractivity contribution in [3.63, 3.8) is 0 Å². The van der Waals surface area contributed by atoms with E-state index in [0.717, 1.165) is 12.0 Å². The van der Waals surface area contributed by atoms with Crippen molar-refractivity contribution < 1.29 is 0 Å². The summed E-state index contributed by atoms with van der Waals surface area (Å²) in [6.45, 7) is 5.85. The van der Waals surface area contributed by atoms with Crippen LogP contribution in [-0.4, -0.2) is 0 Å². The SMILES string of the molecule is C=C[C@@H](N)c1ccc(CCC)cc1. The van der Waals surface area contributed by atoms with E-state index in [1.807, 2.05) is 0 Å². The Morgan fingerprint density at radius 2 is 2.00 bits per heavy atom. The van der Waals surface area contributed by atoms with Gasteiger partial charge in [0, 0.05) is 6.04 Å². The van der Waals surface area contributed by atoms with E-state index in [4.69, 9.17) is 5.73 Å². The third kappa shape index (κ3) is 2.71. The highest BCUT2D eigenvalue weighted by atomic mass is 14.6. The third-order valence-electron chi connectivity index (χ3n) is 2.16. The smallest absolute Gasteiger partial charge is 0.0478 e. The molecule has 1 aromatic carbocycles. The maximum Gasteiger partial charge on any atom is 0.0478 e. The van der Waals surface area contributed by atoms with E-state index in [2.05, 4.69) is 37.8 Å². The van der Waals surface area contributed by atoms with Gasteiger partial charge < -0.3 is 5.73 Å². The van der Waals surface area contributed by atoms with Gasteiger partial charge in [-0.25, -0.2) is 0 Å². The highest BCUT2D eigenvalue weighted by Gasteiger charge is 1.99. The Kier molecular flexibility index (Phi) is 3.71. The molecular formula is C12H17N. The fraction of sp³-hybridized carbons (Fsp3) is 0.333. The van der Waals surface area contributed by atoms with Crippen LogP contribution in [0.2, 0.25) is 0 Å². The van der Waals surface area contributed by atoms with Crippen LogP contribution in [0, 0.1) is 0 Å². The lowest BCUT2D eigenvalue weighted by molar-refractivity contribution is 0.897. The minimum atomic E-state index is -0.0318. The van der Waals surface area contributed by atoms with Crippen molar-refractivity contribution in [3.8, 4) is 0 Å². The van der Waals surface area contributed by atoms with E-state index in [-0.39, 0.29) is 6.04 Å². The van der Waals surface area contributed by atoms with Crippen LogP contribution in [0.25, 0.3) is 0 Å². The summed E-state index contributed by atoms with van der Waals surface area (Å²) in [6.07, 6.45) is 4.09. The van der Waals surface area contributed by atoms with Gasteiger partial charge in [-0.3, -0.25) is 0 Å². The molecule has 0 amide bonds. The minimum Gasteiger partial charge on any atom is -0.321 e. The quantitative estimate of drug-likeness (QED) is 0.700. The van der Waals surface area contributed by atoms with Gasteiger partial charge in [-0.15, -0.1) is 6.58 Å². The largest absolute Gasteiger partial charge is 0.321 e. The Hall–Kier alpha value is -1.08. The maximum atomic E-state index is 5.80. The van der Waals surface area contributed by atoms with E-state index in [0.29, 0.717) is 0 Å². The van der Waals surface area contributed by atoms with Gasteiger partial charge in [-0.05, 0) is 17.5 Å². The zero-order valence-electron chi connectivity index (χ0n) is 8.16. The molecule has 0 heterocycles. The summed E-state index contributed by atoms with van der Waals surface area (Å²) in [6, 6.07) is 8.41. The molecule has 0 unspecified atom stereocenters. The predicted octanol–water partition coefficient (Wildman–Crippen LogP) is 2.82. The normalized spacial score (nSPS) is 12.5. The molecule has 70 valence electrons. The molecule has 1 nitrogen and oxygen atoms in total. The molecular weight excluding hydrogens is 158 g/mol. The standard InChI is InChI=1S/C12H17N/c1-3-5-10-6-8-11(9-7-10)12(13)4-2/h4,6-9,12H,2-3,5,13H2,1H3/t12-/m1/s1. The van der Waals surface area contributed by atoms with Crippen LogP contribution in [-0.2, 0) is 6.42 Å². The predicted molar refractivity (Wildman–Crippen MR) is 57.6 cm³/mol. The number of aryl methyl sites for hydroxylation is 1. The highest BCUT2D eigenvalue weighted by Crippen LogP contribution is 2.12. The van der Waals surface area contributed by atoms with Gasteiger partial charge in [0.1, 0.15) is 0 Å². The molecule has 13 heavy (non-hydrogen) atoms. The number of hydrogen-bond acceptors (Lipinski definition) is 1. The molecule has 0 saturated heterocycles. The monoisotopic (exact) mass is 175 g/mol. The van der Waals surface area contributed by atoms with Crippen molar-refractivity contribution in [2.24, 2.45) is 5.73 Å². The highest BCUT2D eigenvalue weighted by molar-refractivity contribution is 5.26. The number of nitrogens with two attached hydrogens (primary N) is 1. The van der Waals surface area contributed by atoms with E-state index in [1.165, 1.54) is 12.0 Å². The molecule has 1 heteroatoms. The number of benzene rings is 1. The molecule has 2 N–H and O–H groups in total. The van der Waals surface area contributed by atoms with E-state index < -0.39 is 0 Å². The van der Waals surface area contributed by atoms with E-state index >= 15 is 0 Å². The van der Waals surface area contributed by atoms with Crippen molar-refractivity contribution in [1.82, 2.24) is 0 Å².